The van der Waals surface area contributed by atoms with Crippen molar-refractivity contribution in [3.63, 3.8) is 0 Å². The van der Waals surface area contributed by atoms with Gasteiger partial charge in [0.05, 0.1) is 11.5 Å². The van der Waals surface area contributed by atoms with Gasteiger partial charge in [-0.05, 0) is 19.4 Å². The largest absolute Gasteiger partial charge is 0.278 e. The molecule has 2 heteroatoms. The molecule has 1 rings (SSSR count). The fourth-order valence-electron chi connectivity index (χ4n) is 1.20. The number of aromatic nitrogens is 2. The second-order valence-electron chi connectivity index (χ2n) is 2.79. The number of nitrogens with zero attached hydrogens (tertiary/aromatic N) is 1. The molecule has 0 aliphatic rings. The first-order valence-electron chi connectivity index (χ1n) is 4.25. The molecule has 2 nitrogen and oxygen atoms in total. The maximum absolute atomic E-state index is 3.99. The summed E-state index contributed by atoms with van der Waals surface area (Å²) in [5.74, 6) is 0. The van der Waals surface area contributed by atoms with E-state index >= 15 is 0 Å². The number of allylic oxidation sites excluding steroid dienone is 3. The van der Waals surface area contributed by atoms with Crippen LogP contribution in [0.2, 0.25) is 0 Å². The predicted octanol–water partition coefficient (Wildman–Crippen LogP) is 1.12. The van der Waals surface area contributed by atoms with Crippen molar-refractivity contribution in [3.05, 3.63) is 41.6 Å². The fraction of sp³-hybridized carbons (Fsp3) is 0.182. The van der Waals surface area contributed by atoms with Crippen LogP contribution >= 0.6 is 0 Å². The van der Waals surface area contributed by atoms with Gasteiger partial charge < -0.3 is 0 Å². The van der Waals surface area contributed by atoms with E-state index in [-0.39, 0.29) is 0 Å². The molecule has 13 heavy (non-hydrogen) atoms. The molecule has 0 bridgehead atoms. The molecular weight excluding hydrogens is 160 g/mol. The summed E-state index contributed by atoms with van der Waals surface area (Å²) in [6.45, 7) is 7.70. The molecule has 1 heterocycles. The first-order chi connectivity index (χ1) is 6.29. The van der Waals surface area contributed by atoms with E-state index in [1.54, 1.807) is 12.3 Å². The molecule has 68 valence electrons. The van der Waals surface area contributed by atoms with Gasteiger partial charge in [0.2, 0.25) is 0 Å². The highest BCUT2D eigenvalue weighted by molar-refractivity contribution is 5.53. The molecule has 0 aromatic carbocycles. The van der Waals surface area contributed by atoms with Crippen LogP contribution in [0.5, 0.6) is 0 Å². The summed E-state index contributed by atoms with van der Waals surface area (Å²) in [5, 5.41) is 9.07. The lowest BCUT2D eigenvalue weighted by molar-refractivity contribution is 1.06. The van der Waals surface area contributed by atoms with Crippen LogP contribution in [0.4, 0.5) is 0 Å². The fourth-order valence-corrected chi connectivity index (χ4v) is 1.20. The highest BCUT2D eigenvalue weighted by atomic mass is 15.1. The Bertz CT molecular complexity index is 421. The molecule has 0 spiro atoms. The van der Waals surface area contributed by atoms with Crippen molar-refractivity contribution in [1.29, 1.82) is 0 Å². The van der Waals surface area contributed by atoms with Gasteiger partial charge in [-0.3, -0.25) is 5.10 Å². The minimum atomic E-state index is 1.05. The van der Waals surface area contributed by atoms with Gasteiger partial charge in [0, 0.05) is 5.22 Å². The lowest BCUT2D eigenvalue weighted by Crippen LogP contribution is -2.23. The number of hydrogen-bond acceptors (Lipinski definition) is 1. The second-order valence-corrected chi connectivity index (χ2v) is 2.79. The summed E-state index contributed by atoms with van der Waals surface area (Å²) >= 11 is 0. The topological polar surface area (TPSA) is 28.7 Å². The molecule has 0 fully saturated rings. The Labute approximate surface area is 78.0 Å². The van der Waals surface area contributed by atoms with Crippen molar-refractivity contribution in [3.8, 4) is 0 Å². The van der Waals surface area contributed by atoms with Crippen LogP contribution in [0.3, 0.4) is 0 Å². The molecule has 0 amide bonds. The highest BCUT2D eigenvalue weighted by Crippen LogP contribution is 1.89. The maximum atomic E-state index is 3.99. The Morgan fingerprint density at radius 3 is 3.00 bits per heavy atom. The number of hydrogen-bond donors (Lipinski definition) is 1. The van der Waals surface area contributed by atoms with Gasteiger partial charge in [0.25, 0.3) is 0 Å². The van der Waals surface area contributed by atoms with Crippen LogP contribution in [0.15, 0.2) is 31.0 Å². The summed E-state index contributed by atoms with van der Waals surface area (Å²) in [7, 11) is 0. The molecule has 1 aromatic rings. The van der Waals surface area contributed by atoms with Crippen molar-refractivity contribution in [2.75, 3.05) is 0 Å². The first-order valence-corrected chi connectivity index (χ1v) is 4.25. The minimum Gasteiger partial charge on any atom is -0.278 e. The van der Waals surface area contributed by atoms with E-state index in [4.69, 9.17) is 0 Å². The summed E-state index contributed by atoms with van der Waals surface area (Å²) in [6.07, 6.45) is 9.55. The van der Waals surface area contributed by atoms with Gasteiger partial charge in [-0.15, -0.1) is 0 Å². The van der Waals surface area contributed by atoms with E-state index in [9.17, 15) is 0 Å². The Hall–Kier alpha value is -1.57. The van der Waals surface area contributed by atoms with Gasteiger partial charge in [-0.2, -0.15) is 5.10 Å². The quantitative estimate of drug-likeness (QED) is 0.715. The zero-order chi connectivity index (χ0) is 9.68. The molecule has 0 unspecified atom stereocenters. The van der Waals surface area contributed by atoms with E-state index in [0.29, 0.717) is 0 Å². The Morgan fingerprint density at radius 2 is 2.38 bits per heavy atom. The van der Waals surface area contributed by atoms with Crippen LogP contribution in [-0.4, -0.2) is 10.2 Å². The Morgan fingerprint density at radius 1 is 1.62 bits per heavy atom. The number of H-pyrrole nitrogens is 1. The summed E-state index contributed by atoms with van der Waals surface area (Å²) in [5.41, 5.74) is 1.17. The van der Waals surface area contributed by atoms with Crippen LogP contribution in [0.1, 0.15) is 13.8 Å². The molecule has 0 radical (unpaired) electrons. The van der Waals surface area contributed by atoms with Crippen LogP contribution in [0.25, 0.3) is 11.6 Å². The average molecular weight is 174 g/mol. The van der Waals surface area contributed by atoms with E-state index in [1.807, 2.05) is 32.1 Å². The molecule has 0 aliphatic carbocycles. The molecule has 1 N–H and O–H groups in total. The predicted molar refractivity (Wildman–Crippen MR) is 56.4 cm³/mol. The molecule has 0 saturated heterocycles. The monoisotopic (exact) mass is 174 g/mol. The van der Waals surface area contributed by atoms with Crippen LogP contribution in [0, 0.1) is 0 Å². The van der Waals surface area contributed by atoms with Crippen LogP contribution in [-0.2, 0) is 0 Å². The standard InChI is InChI=1S/C11H14N2/c1-4-6-9(3)11-10(7-5-2)8-12-13-11/h4-8,13H,2H2,1,3H3/b6-4-,10-7-,11-9+. The minimum absolute atomic E-state index is 1.05. The van der Waals surface area contributed by atoms with Crippen LogP contribution < -0.4 is 10.6 Å². The summed E-state index contributed by atoms with van der Waals surface area (Å²) in [6, 6.07) is 0. The van der Waals surface area contributed by atoms with Gasteiger partial charge in [0.1, 0.15) is 0 Å². The van der Waals surface area contributed by atoms with Gasteiger partial charge in [-0.1, -0.05) is 30.9 Å². The molecule has 0 saturated carbocycles. The number of aromatic amines is 1. The zero-order valence-electron chi connectivity index (χ0n) is 8.04. The van der Waals surface area contributed by atoms with Gasteiger partial charge in [-0.25, -0.2) is 0 Å². The summed E-state index contributed by atoms with van der Waals surface area (Å²) < 4.78 is 0. The van der Waals surface area contributed by atoms with Gasteiger partial charge >= 0.3 is 0 Å². The van der Waals surface area contributed by atoms with E-state index < -0.39 is 0 Å². The second kappa shape index (κ2) is 4.45. The molecule has 0 aliphatic heterocycles. The lowest BCUT2D eigenvalue weighted by atomic mass is 10.2. The van der Waals surface area contributed by atoms with Crippen molar-refractivity contribution in [2.24, 2.45) is 0 Å². The smallest absolute Gasteiger partial charge is 0.0679 e. The SMILES string of the molecule is C=C/C=c1/cn[nH]/c1=C(C)/C=C\C. The first kappa shape index (κ1) is 9.52. The number of rotatable bonds is 2. The third-order valence-electron chi connectivity index (χ3n) is 1.78. The molecule has 0 atom stereocenters. The molecular formula is C11H14N2. The third kappa shape index (κ3) is 2.18. The zero-order valence-corrected chi connectivity index (χ0v) is 8.04. The van der Waals surface area contributed by atoms with E-state index in [2.05, 4.69) is 16.8 Å². The van der Waals surface area contributed by atoms with Crippen molar-refractivity contribution in [2.45, 2.75) is 13.8 Å². The third-order valence-corrected chi connectivity index (χ3v) is 1.78. The molecule has 1 aromatic heterocycles. The maximum Gasteiger partial charge on any atom is 0.0679 e. The normalized spacial score (nSPS) is 15.1. The lowest BCUT2D eigenvalue weighted by Gasteiger charge is -1.86. The Balaban J connectivity index is 3.45. The number of nitrogens with one attached hydrogen (secondary N) is 1. The van der Waals surface area contributed by atoms with Crippen molar-refractivity contribution in [1.82, 2.24) is 10.2 Å². The summed E-state index contributed by atoms with van der Waals surface area (Å²) in [4.78, 5) is 0. The van der Waals surface area contributed by atoms with E-state index in [0.717, 1.165) is 10.6 Å². The van der Waals surface area contributed by atoms with Gasteiger partial charge in [0.15, 0.2) is 0 Å². The van der Waals surface area contributed by atoms with E-state index in [1.165, 1.54) is 5.57 Å². The van der Waals surface area contributed by atoms with Crippen molar-refractivity contribution < 1.29 is 0 Å². The Kier molecular flexibility index (Phi) is 3.26. The highest BCUT2D eigenvalue weighted by Gasteiger charge is 1.89. The average Bonchev–Trinajstić information content (AvgIpc) is 2.54. The van der Waals surface area contributed by atoms with Crippen molar-refractivity contribution >= 4 is 11.6 Å².